The molecule has 0 aliphatic carbocycles. The van der Waals surface area contributed by atoms with E-state index >= 15 is 0 Å². The fourth-order valence-corrected chi connectivity index (χ4v) is 2.70. The molecule has 2 unspecified atom stereocenters. The Kier molecular flexibility index (Phi) is 3.02. The first-order valence-corrected chi connectivity index (χ1v) is 6.31. The number of hydrogen-bond acceptors (Lipinski definition) is 3. The Morgan fingerprint density at radius 3 is 2.81 bits per heavy atom. The smallest absolute Gasteiger partial charge is 0.109 e. The van der Waals surface area contributed by atoms with E-state index in [2.05, 4.69) is 0 Å². The Morgan fingerprint density at radius 2 is 2.12 bits per heavy atom. The third-order valence-electron chi connectivity index (χ3n) is 3.11. The molecule has 0 aliphatic rings. The molecular weight excluding hydrogens is 220 g/mol. The predicted molar refractivity (Wildman–Crippen MR) is 67.7 cm³/mol. The van der Waals surface area contributed by atoms with Gasteiger partial charge in [-0.3, -0.25) is 0 Å². The number of aliphatic hydroxyl groups excluding tert-OH is 1. The number of thiophene rings is 1. The second kappa shape index (κ2) is 4.17. The lowest BCUT2D eigenvalue weighted by Crippen LogP contribution is -2.31. The average molecular weight is 236 g/mol. The van der Waals surface area contributed by atoms with Gasteiger partial charge in [0.1, 0.15) is 6.10 Å². The number of benzene rings is 1. The average Bonchev–Trinajstić information content (AvgIpc) is 2.75. The molecule has 16 heavy (non-hydrogen) atoms. The van der Waals surface area contributed by atoms with Gasteiger partial charge in [-0.2, -0.15) is 0 Å². The van der Waals surface area contributed by atoms with Gasteiger partial charge in [-0.05, 0) is 30.2 Å². The maximum Gasteiger partial charge on any atom is 0.109 e. The summed E-state index contributed by atoms with van der Waals surface area (Å²) in [5, 5.41) is 23.4. The van der Waals surface area contributed by atoms with E-state index in [0.717, 1.165) is 15.6 Å². The van der Waals surface area contributed by atoms with Crippen LogP contribution in [0, 0.1) is 0 Å². The Bertz CT molecular complexity index is 487. The molecular formula is C13H16O2S. The quantitative estimate of drug-likeness (QED) is 0.859. The van der Waals surface area contributed by atoms with Gasteiger partial charge in [0.05, 0.1) is 5.60 Å². The summed E-state index contributed by atoms with van der Waals surface area (Å²) in [5.41, 5.74) is -0.252. The van der Waals surface area contributed by atoms with Crippen molar-refractivity contribution >= 4 is 21.4 Å². The van der Waals surface area contributed by atoms with Crippen LogP contribution in [0.3, 0.4) is 0 Å². The van der Waals surface area contributed by atoms with Crippen LogP contribution in [0.25, 0.3) is 10.1 Å². The van der Waals surface area contributed by atoms with E-state index in [1.165, 1.54) is 0 Å². The van der Waals surface area contributed by atoms with Crippen LogP contribution in [0.5, 0.6) is 0 Å². The van der Waals surface area contributed by atoms with E-state index in [1.807, 2.05) is 36.6 Å². The summed E-state index contributed by atoms with van der Waals surface area (Å²) in [6, 6.07) is 7.84. The molecule has 0 bridgehead atoms. The molecule has 2 aromatic rings. The van der Waals surface area contributed by atoms with Gasteiger partial charge in [0.2, 0.25) is 0 Å². The number of aliphatic hydroxyl groups is 2. The number of rotatable bonds is 3. The molecule has 86 valence electrons. The standard InChI is InChI=1S/C13H16O2S/c1-3-13(2,15)12(14)10-6-4-5-9-7-8-16-11(9)10/h4-8,12,14-15H,3H2,1-2H3. The third kappa shape index (κ3) is 1.86. The molecule has 0 saturated heterocycles. The zero-order valence-electron chi connectivity index (χ0n) is 9.47. The van der Waals surface area contributed by atoms with E-state index < -0.39 is 11.7 Å². The summed E-state index contributed by atoms with van der Waals surface area (Å²) < 4.78 is 1.06. The van der Waals surface area contributed by atoms with Crippen LogP contribution < -0.4 is 0 Å². The molecule has 1 heterocycles. The van der Waals surface area contributed by atoms with Crippen molar-refractivity contribution in [3.05, 3.63) is 35.2 Å². The zero-order chi connectivity index (χ0) is 11.8. The highest BCUT2D eigenvalue weighted by molar-refractivity contribution is 7.17. The Labute approximate surface area is 99.2 Å². The first-order chi connectivity index (χ1) is 7.56. The molecule has 0 radical (unpaired) electrons. The molecule has 3 heteroatoms. The van der Waals surface area contributed by atoms with Gasteiger partial charge in [0, 0.05) is 10.3 Å². The van der Waals surface area contributed by atoms with Crippen molar-refractivity contribution in [1.29, 1.82) is 0 Å². The normalized spacial score (nSPS) is 17.2. The first-order valence-electron chi connectivity index (χ1n) is 5.43. The van der Waals surface area contributed by atoms with Gasteiger partial charge in [-0.1, -0.05) is 25.1 Å². The molecule has 0 saturated carbocycles. The molecule has 1 aromatic carbocycles. The maximum atomic E-state index is 10.2. The summed E-state index contributed by atoms with van der Waals surface area (Å²) >= 11 is 1.60. The van der Waals surface area contributed by atoms with Crippen molar-refractivity contribution < 1.29 is 10.2 Å². The van der Waals surface area contributed by atoms with E-state index in [4.69, 9.17) is 0 Å². The topological polar surface area (TPSA) is 40.5 Å². The molecule has 2 atom stereocenters. The van der Waals surface area contributed by atoms with Gasteiger partial charge in [0.15, 0.2) is 0 Å². The fourth-order valence-electron chi connectivity index (χ4n) is 1.76. The van der Waals surface area contributed by atoms with Crippen molar-refractivity contribution in [2.75, 3.05) is 0 Å². The van der Waals surface area contributed by atoms with Crippen molar-refractivity contribution in [3.8, 4) is 0 Å². The molecule has 2 N–H and O–H groups in total. The number of fused-ring (bicyclic) bond motifs is 1. The maximum absolute atomic E-state index is 10.2. The number of hydrogen-bond donors (Lipinski definition) is 2. The van der Waals surface area contributed by atoms with Crippen LogP contribution in [0.1, 0.15) is 31.9 Å². The minimum atomic E-state index is -1.07. The van der Waals surface area contributed by atoms with Crippen molar-refractivity contribution in [2.24, 2.45) is 0 Å². The summed E-state index contributed by atoms with van der Waals surface area (Å²) in [4.78, 5) is 0. The first kappa shape index (κ1) is 11.6. The minimum Gasteiger partial charge on any atom is -0.387 e. The highest BCUT2D eigenvalue weighted by Gasteiger charge is 2.30. The lowest BCUT2D eigenvalue weighted by Gasteiger charge is -2.28. The summed E-state index contributed by atoms with van der Waals surface area (Å²) in [7, 11) is 0. The second-order valence-corrected chi connectivity index (χ2v) is 5.22. The van der Waals surface area contributed by atoms with Crippen LogP contribution in [0.15, 0.2) is 29.6 Å². The molecule has 2 nitrogen and oxygen atoms in total. The Morgan fingerprint density at radius 1 is 1.38 bits per heavy atom. The van der Waals surface area contributed by atoms with Gasteiger partial charge >= 0.3 is 0 Å². The second-order valence-electron chi connectivity index (χ2n) is 4.30. The molecule has 0 aliphatic heterocycles. The summed E-state index contributed by atoms with van der Waals surface area (Å²) in [6.07, 6.45) is -0.310. The monoisotopic (exact) mass is 236 g/mol. The van der Waals surface area contributed by atoms with E-state index in [1.54, 1.807) is 18.3 Å². The van der Waals surface area contributed by atoms with E-state index in [9.17, 15) is 10.2 Å². The largest absolute Gasteiger partial charge is 0.387 e. The van der Waals surface area contributed by atoms with Gasteiger partial charge in [-0.25, -0.2) is 0 Å². The van der Waals surface area contributed by atoms with Crippen LogP contribution in [-0.2, 0) is 0 Å². The van der Waals surface area contributed by atoms with Gasteiger partial charge in [0.25, 0.3) is 0 Å². The van der Waals surface area contributed by atoms with Crippen LogP contribution in [0.2, 0.25) is 0 Å². The highest BCUT2D eigenvalue weighted by atomic mass is 32.1. The molecule has 1 aromatic heterocycles. The Hall–Kier alpha value is -0.900. The lowest BCUT2D eigenvalue weighted by atomic mass is 9.90. The van der Waals surface area contributed by atoms with Crippen molar-refractivity contribution in [3.63, 3.8) is 0 Å². The van der Waals surface area contributed by atoms with Crippen LogP contribution >= 0.6 is 11.3 Å². The Balaban J connectivity index is 2.51. The van der Waals surface area contributed by atoms with Gasteiger partial charge in [-0.15, -0.1) is 11.3 Å². The molecule has 0 amide bonds. The summed E-state index contributed by atoms with van der Waals surface area (Å²) in [6.45, 7) is 3.54. The van der Waals surface area contributed by atoms with Crippen LogP contribution in [0.4, 0.5) is 0 Å². The third-order valence-corrected chi connectivity index (χ3v) is 4.09. The zero-order valence-corrected chi connectivity index (χ0v) is 10.3. The van der Waals surface area contributed by atoms with E-state index in [-0.39, 0.29) is 0 Å². The van der Waals surface area contributed by atoms with Crippen LogP contribution in [-0.4, -0.2) is 15.8 Å². The highest BCUT2D eigenvalue weighted by Crippen LogP contribution is 2.35. The molecule has 0 spiro atoms. The molecule has 2 rings (SSSR count). The van der Waals surface area contributed by atoms with Gasteiger partial charge < -0.3 is 10.2 Å². The van der Waals surface area contributed by atoms with Crippen molar-refractivity contribution in [2.45, 2.75) is 32.0 Å². The predicted octanol–water partition coefficient (Wildman–Crippen LogP) is 3.10. The SMILES string of the molecule is CCC(C)(O)C(O)c1cccc2ccsc12. The molecule has 0 fully saturated rings. The van der Waals surface area contributed by atoms with E-state index in [0.29, 0.717) is 6.42 Å². The summed E-state index contributed by atoms with van der Waals surface area (Å²) in [5.74, 6) is 0. The lowest BCUT2D eigenvalue weighted by molar-refractivity contribution is -0.0651. The minimum absolute atomic E-state index is 0.524. The fraction of sp³-hybridized carbons (Fsp3) is 0.385. The van der Waals surface area contributed by atoms with Crippen molar-refractivity contribution in [1.82, 2.24) is 0 Å².